The molecule has 266 valence electrons. The molecule has 0 aromatic carbocycles. The topological polar surface area (TPSA) is 44.8 Å². The molecule has 0 radical (unpaired) electrons. The Labute approximate surface area is 282 Å². The molecule has 0 fully saturated rings. The van der Waals surface area contributed by atoms with E-state index in [4.69, 9.17) is 4.74 Å². The summed E-state index contributed by atoms with van der Waals surface area (Å²) >= 11 is 0. The van der Waals surface area contributed by atoms with Crippen molar-refractivity contribution in [2.45, 2.75) is 207 Å². The van der Waals surface area contributed by atoms with Gasteiger partial charge in [-0.05, 0) is 71.0 Å². The van der Waals surface area contributed by atoms with Gasteiger partial charge < -0.3 is 19.9 Å². The van der Waals surface area contributed by atoms with Crippen molar-refractivity contribution in [1.29, 1.82) is 0 Å². The zero-order valence-electron chi connectivity index (χ0n) is 30.8. The van der Waals surface area contributed by atoms with Gasteiger partial charge in [-0.1, -0.05) is 143 Å². The molecular weight excluding hydrogens is 554 g/mol. The van der Waals surface area contributed by atoms with Gasteiger partial charge in [0.15, 0.2) is 0 Å². The lowest BCUT2D eigenvalue weighted by Crippen LogP contribution is -2.30. The van der Waals surface area contributed by atoms with Crippen LogP contribution in [0, 0.1) is 0 Å². The average molecular weight is 634 g/mol. The number of carbonyl (C=O) groups is 1. The van der Waals surface area contributed by atoms with Crippen molar-refractivity contribution in [3.8, 4) is 0 Å². The molecule has 0 amide bonds. The van der Waals surface area contributed by atoms with E-state index in [0.29, 0.717) is 6.42 Å². The third-order valence-electron chi connectivity index (χ3n) is 9.61. The molecule has 45 heavy (non-hydrogen) atoms. The second-order valence-electron chi connectivity index (χ2n) is 14.0. The van der Waals surface area contributed by atoms with Gasteiger partial charge in [0.1, 0.15) is 6.10 Å². The number of unbranched alkanes of at least 4 members (excludes halogenated alkanes) is 20. The number of hydrogen-bond donors (Lipinski definition) is 1. The van der Waals surface area contributed by atoms with E-state index in [-0.39, 0.29) is 12.1 Å². The zero-order chi connectivity index (χ0) is 32.5. The van der Waals surface area contributed by atoms with Gasteiger partial charge in [0, 0.05) is 25.4 Å². The monoisotopic (exact) mass is 634 g/mol. The van der Waals surface area contributed by atoms with E-state index in [2.05, 4.69) is 48.3 Å². The van der Waals surface area contributed by atoms with Crippen LogP contribution < -0.4 is 5.32 Å². The number of carbonyl (C=O) groups excluding carboxylic acids is 1. The van der Waals surface area contributed by atoms with Gasteiger partial charge in [-0.2, -0.15) is 0 Å². The highest BCUT2D eigenvalue weighted by Gasteiger charge is 2.14. The summed E-state index contributed by atoms with van der Waals surface area (Å²) in [5.74, 6) is 0.0564. The summed E-state index contributed by atoms with van der Waals surface area (Å²) in [4.78, 5) is 17.8. The Hall–Kier alpha value is -1.23. The summed E-state index contributed by atoms with van der Waals surface area (Å²) in [5.41, 5.74) is 0. The van der Waals surface area contributed by atoms with E-state index in [1.54, 1.807) is 0 Å². The maximum absolute atomic E-state index is 12.7. The second-order valence-corrected chi connectivity index (χ2v) is 14.0. The van der Waals surface area contributed by atoms with Gasteiger partial charge in [0.2, 0.25) is 0 Å². The van der Waals surface area contributed by atoms with Crippen LogP contribution in [-0.2, 0) is 9.53 Å². The number of rotatable bonds is 35. The largest absolute Gasteiger partial charge is 0.462 e. The van der Waals surface area contributed by atoms with Crippen molar-refractivity contribution < 1.29 is 9.53 Å². The minimum absolute atomic E-state index is 0.0564. The molecule has 0 unspecified atom stereocenters. The second kappa shape index (κ2) is 32.7. The molecule has 5 nitrogen and oxygen atoms in total. The molecule has 0 aromatic rings. The summed E-state index contributed by atoms with van der Waals surface area (Å²) < 4.78 is 6.06. The highest BCUT2D eigenvalue weighted by atomic mass is 16.5. The summed E-state index contributed by atoms with van der Waals surface area (Å²) in [6, 6.07) is 0. The van der Waals surface area contributed by atoms with Crippen molar-refractivity contribution in [3.05, 3.63) is 12.4 Å². The van der Waals surface area contributed by atoms with E-state index in [9.17, 15) is 4.79 Å². The fourth-order valence-electron chi connectivity index (χ4n) is 6.61. The Morgan fingerprint density at radius 3 is 1.56 bits per heavy atom. The lowest BCUT2D eigenvalue weighted by Gasteiger charge is -2.24. The normalized spacial score (nSPS) is 13.0. The molecule has 1 heterocycles. The molecule has 0 bridgehead atoms. The van der Waals surface area contributed by atoms with E-state index >= 15 is 0 Å². The number of nitrogens with one attached hydrogen (secondary N) is 1. The lowest BCUT2D eigenvalue weighted by atomic mass is 10.0. The van der Waals surface area contributed by atoms with Crippen LogP contribution in [0.25, 0.3) is 0 Å². The smallest absolute Gasteiger partial charge is 0.306 e. The zero-order valence-corrected chi connectivity index (χ0v) is 30.8. The molecule has 0 spiro atoms. The number of hydrogen-bond acceptors (Lipinski definition) is 5. The average Bonchev–Trinajstić information content (AvgIpc) is 3.56. The van der Waals surface area contributed by atoms with E-state index in [0.717, 1.165) is 38.9 Å². The van der Waals surface area contributed by atoms with E-state index in [1.165, 1.54) is 167 Å². The standard InChI is InChI=1S/C40H79N3O2/c1-4-7-10-13-16-21-26-33-42(35-28-36-43-37-32-41-38-43)34-27-22-17-20-25-31-40(44)45-39(29-23-18-14-11-8-5-2)30-24-19-15-12-9-6-3/h32,37,39,41H,4-31,33-36,38H2,1-3H3. The first-order chi connectivity index (χ1) is 22.2. The Balaban J connectivity index is 2.24. The Bertz CT molecular complexity index is 639. The molecular formula is C40H79N3O2. The summed E-state index contributed by atoms with van der Waals surface area (Å²) in [5, 5.41) is 3.28. The Morgan fingerprint density at radius 1 is 0.622 bits per heavy atom. The van der Waals surface area contributed by atoms with Crippen LogP contribution in [0.15, 0.2) is 12.4 Å². The molecule has 1 N–H and O–H groups in total. The summed E-state index contributed by atoms with van der Waals surface area (Å²) in [6.07, 6.45) is 39.6. The van der Waals surface area contributed by atoms with Crippen molar-refractivity contribution in [2.75, 3.05) is 32.8 Å². The fraction of sp³-hybridized carbons (Fsp3) is 0.925. The lowest BCUT2D eigenvalue weighted by molar-refractivity contribution is -0.150. The Morgan fingerprint density at radius 2 is 1.07 bits per heavy atom. The van der Waals surface area contributed by atoms with Crippen molar-refractivity contribution in [3.63, 3.8) is 0 Å². The molecule has 5 heteroatoms. The number of esters is 1. The summed E-state index contributed by atoms with van der Waals surface area (Å²) in [7, 11) is 0. The maximum atomic E-state index is 12.7. The van der Waals surface area contributed by atoms with Crippen LogP contribution in [0.5, 0.6) is 0 Å². The van der Waals surface area contributed by atoms with Gasteiger partial charge in [0.25, 0.3) is 0 Å². The minimum Gasteiger partial charge on any atom is -0.462 e. The third kappa shape index (κ3) is 27.6. The van der Waals surface area contributed by atoms with Gasteiger partial charge in [-0.15, -0.1) is 0 Å². The van der Waals surface area contributed by atoms with Gasteiger partial charge in [-0.25, -0.2) is 0 Å². The first kappa shape index (κ1) is 41.8. The highest BCUT2D eigenvalue weighted by molar-refractivity contribution is 5.69. The van der Waals surface area contributed by atoms with Crippen molar-refractivity contribution >= 4 is 5.97 Å². The van der Waals surface area contributed by atoms with Gasteiger partial charge >= 0.3 is 5.97 Å². The van der Waals surface area contributed by atoms with Crippen LogP contribution in [0.2, 0.25) is 0 Å². The molecule has 1 rings (SSSR count). The van der Waals surface area contributed by atoms with Crippen LogP contribution in [-0.4, -0.2) is 54.7 Å². The van der Waals surface area contributed by atoms with Crippen LogP contribution >= 0.6 is 0 Å². The molecule has 0 aromatic heterocycles. The van der Waals surface area contributed by atoms with E-state index in [1.807, 2.05) is 0 Å². The maximum Gasteiger partial charge on any atom is 0.306 e. The summed E-state index contributed by atoms with van der Waals surface area (Å²) in [6.45, 7) is 12.6. The van der Waals surface area contributed by atoms with E-state index < -0.39 is 0 Å². The molecule has 0 saturated carbocycles. The fourth-order valence-corrected chi connectivity index (χ4v) is 6.61. The number of nitrogens with zero attached hydrogens (tertiary/aromatic N) is 2. The first-order valence-electron chi connectivity index (χ1n) is 20.3. The predicted molar refractivity (Wildman–Crippen MR) is 196 cm³/mol. The van der Waals surface area contributed by atoms with Crippen LogP contribution in [0.4, 0.5) is 0 Å². The predicted octanol–water partition coefficient (Wildman–Crippen LogP) is 11.5. The SMILES string of the molecule is CCCCCCCCCN(CCCCCCCC(=O)OC(CCCCCCCC)CCCCCCCC)CCCN1C=CNC1. The van der Waals surface area contributed by atoms with Crippen molar-refractivity contribution in [2.24, 2.45) is 0 Å². The van der Waals surface area contributed by atoms with Gasteiger partial charge in [0.05, 0.1) is 6.67 Å². The number of ether oxygens (including phenoxy) is 1. The molecule has 0 atom stereocenters. The molecule has 0 saturated heterocycles. The third-order valence-corrected chi connectivity index (χ3v) is 9.61. The highest BCUT2D eigenvalue weighted by Crippen LogP contribution is 2.18. The quantitative estimate of drug-likeness (QED) is 0.0556. The van der Waals surface area contributed by atoms with Gasteiger partial charge in [-0.3, -0.25) is 4.79 Å². The van der Waals surface area contributed by atoms with Crippen molar-refractivity contribution in [1.82, 2.24) is 15.1 Å². The Kier molecular flexibility index (Phi) is 30.4. The molecule has 1 aliphatic rings. The molecule has 0 aliphatic carbocycles. The van der Waals surface area contributed by atoms with Crippen LogP contribution in [0.3, 0.4) is 0 Å². The van der Waals surface area contributed by atoms with Crippen LogP contribution in [0.1, 0.15) is 201 Å². The minimum atomic E-state index is 0.0564. The molecule has 1 aliphatic heterocycles. The first-order valence-corrected chi connectivity index (χ1v) is 20.3.